The van der Waals surface area contributed by atoms with Gasteiger partial charge in [-0.25, -0.2) is 4.98 Å². The van der Waals surface area contributed by atoms with Gasteiger partial charge in [-0.15, -0.1) is 0 Å². The summed E-state index contributed by atoms with van der Waals surface area (Å²) in [6, 6.07) is 5.95. The second-order valence-electron chi connectivity index (χ2n) is 4.50. The predicted octanol–water partition coefficient (Wildman–Crippen LogP) is 4.15. The van der Waals surface area contributed by atoms with Crippen LogP contribution in [0.2, 0.25) is 5.15 Å². The maximum atomic E-state index is 5.91. The number of anilines is 1. The average molecular weight is 356 g/mol. The number of nitrogens with one attached hydrogen (secondary N) is 1. The zero-order chi connectivity index (χ0) is 14.1. The lowest BCUT2D eigenvalue weighted by atomic mass is 10.2. The Kier molecular flexibility index (Phi) is 3.72. The van der Waals surface area contributed by atoms with Crippen LogP contribution in [0.3, 0.4) is 0 Å². The molecule has 1 aliphatic rings. The zero-order valence-electron chi connectivity index (χ0n) is 10.7. The van der Waals surface area contributed by atoms with Crippen LogP contribution in [0.25, 0.3) is 0 Å². The fraction of sp³-hybridized carbons (Fsp3) is 0.214. The first-order valence-corrected chi connectivity index (χ1v) is 7.24. The Bertz CT molecular complexity index is 664. The SMILES string of the molecule is Cc1cc(NCc2cc(Br)c3c(c2)OCO3)cnc1Cl. The number of aromatic nitrogens is 1. The van der Waals surface area contributed by atoms with Crippen LogP contribution >= 0.6 is 27.5 Å². The summed E-state index contributed by atoms with van der Waals surface area (Å²) in [6.07, 6.45) is 1.72. The monoisotopic (exact) mass is 354 g/mol. The highest BCUT2D eigenvalue weighted by Gasteiger charge is 2.17. The molecule has 104 valence electrons. The van der Waals surface area contributed by atoms with Crippen LogP contribution in [0.4, 0.5) is 5.69 Å². The molecule has 0 atom stereocenters. The fourth-order valence-corrected chi connectivity index (χ4v) is 2.69. The van der Waals surface area contributed by atoms with Crippen molar-refractivity contribution in [2.24, 2.45) is 0 Å². The maximum Gasteiger partial charge on any atom is 0.231 e. The van der Waals surface area contributed by atoms with Gasteiger partial charge in [0.1, 0.15) is 5.15 Å². The number of hydrogen-bond donors (Lipinski definition) is 1. The molecule has 0 radical (unpaired) electrons. The topological polar surface area (TPSA) is 43.4 Å². The van der Waals surface area contributed by atoms with Crippen molar-refractivity contribution in [2.45, 2.75) is 13.5 Å². The highest BCUT2D eigenvalue weighted by Crippen LogP contribution is 2.40. The summed E-state index contributed by atoms with van der Waals surface area (Å²) in [7, 11) is 0. The van der Waals surface area contributed by atoms with Gasteiger partial charge in [0.25, 0.3) is 0 Å². The third kappa shape index (κ3) is 2.69. The molecule has 1 aliphatic heterocycles. The first kappa shape index (κ1) is 13.5. The van der Waals surface area contributed by atoms with E-state index in [0.29, 0.717) is 11.7 Å². The van der Waals surface area contributed by atoms with Crippen LogP contribution in [0.1, 0.15) is 11.1 Å². The minimum atomic E-state index is 0.269. The molecule has 0 unspecified atom stereocenters. The number of nitrogens with zero attached hydrogens (tertiary/aromatic N) is 1. The third-order valence-corrected chi connectivity index (χ3v) is 3.98. The van der Waals surface area contributed by atoms with Crippen LogP contribution in [-0.4, -0.2) is 11.8 Å². The second kappa shape index (κ2) is 5.50. The van der Waals surface area contributed by atoms with E-state index in [1.165, 1.54) is 0 Å². The summed E-state index contributed by atoms with van der Waals surface area (Å²) >= 11 is 9.39. The molecule has 3 rings (SSSR count). The molecule has 0 bridgehead atoms. The van der Waals surface area contributed by atoms with Crippen LogP contribution in [0.15, 0.2) is 28.9 Å². The largest absolute Gasteiger partial charge is 0.454 e. The number of aryl methyl sites for hydroxylation is 1. The minimum Gasteiger partial charge on any atom is -0.454 e. The highest BCUT2D eigenvalue weighted by atomic mass is 79.9. The molecule has 2 heterocycles. The molecule has 0 amide bonds. The van der Waals surface area contributed by atoms with Crippen molar-refractivity contribution in [3.8, 4) is 11.5 Å². The van der Waals surface area contributed by atoms with Gasteiger partial charge in [0, 0.05) is 6.54 Å². The van der Waals surface area contributed by atoms with E-state index in [-0.39, 0.29) is 6.79 Å². The van der Waals surface area contributed by atoms with Crippen LogP contribution < -0.4 is 14.8 Å². The van der Waals surface area contributed by atoms with E-state index in [9.17, 15) is 0 Å². The minimum absolute atomic E-state index is 0.269. The summed E-state index contributed by atoms with van der Waals surface area (Å²) in [5.41, 5.74) is 2.97. The van der Waals surface area contributed by atoms with Crippen LogP contribution in [-0.2, 0) is 6.54 Å². The zero-order valence-corrected chi connectivity index (χ0v) is 13.1. The van der Waals surface area contributed by atoms with Gasteiger partial charge in [-0.05, 0) is 52.2 Å². The number of hydrogen-bond acceptors (Lipinski definition) is 4. The van der Waals surface area contributed by atoms with Crippen molar-refractivity contribution < 1.29 is 9.47 Å². The molecular formula is C14H12BrClN2O2. The lowest BCUT2D eigenvalue weighted by Crippen LogP contribution is -2.00. The summed E-state index contributed by atoms with van der Waals surface area (Å²) in [5, 5.41) is 3.84. The van der Waals surface area contributed by atoms with Crippen LogP contribution in [0.5, 0.6) is 11.5 Å². The molecule has 2 aromatic rings. The number of pyridine rings is 1. The van der Waals surface area contributed by atoms with E-state index >= 15 is 0 Å². The number of benzene rings is 1. The van der Waals surface area contributed by atoms with Crippen molar-refractivity contribution in [2.75, 3.05) is 12.1 Å². The van der Waals surface area contributed by atoms with Crippen LogP contribution in [0, 0.1) is 6.92 Å². The molecule has 6 heteroatoms. The number of fused-ring (bicyclic) bond motifs is 1. The lowest BCUT2D eigenvalue weighted by Gasteiger charge is -2.09. The third-order valence-electron chi connectivity index (χ3n) is 3.00. The van der Waals surface area contributed by atoms with Gasteiger partial charge in [0.2, 0.25) is 6.79 Å². The van der Waals surface area contributed by atoms with Crippen molar-refractivity contribution in [3.05, 3.63) is 45.1 Å². The van der Waals surface area contributed by atoms with E-state index in [4.69, 9.17) is 21.1 Å². The summed E-state index contributed by atoms with van der Waals surface area (Å²) in [4.78, 5) is 4.12. The smallest absolute Gasteiger partial charge is 0.231 e. The molecule has 0 spiro atoms. The van der Waals surface area contributed by atoms with Crippen molar-refractivity contribution in [3.63, 3.8) is 0 Å². The van der Waals surface area contributed by atoms with Gasteiger partial charge in [-0.3, -0.25) is 0 Å². The number of ether oxygens (including phenoxy) is 2. The lowest BCUT2D eigenvalue weighted by molar-refractivity contribution is 0.173. The van der Waals surface area contributed by atoms with E-state index < -0.39 is 0 Å². The molecule has 4 nitrogen and oxygen atoms in total. The molecule has 20 heavy (non-hydrogen) atoms. The quantitative estimate of drug-likeness (QED) is 0.840. The Morgan fingerprint density at radius 3 is 3.00 bits per heavy atom. The standard InChI is InChI=1S/C14H12BrClN2O2/c1-8-2-10(6-18-14(8)16)17-5-9-3-11(15)13-12(4-9)19-7-20-13/h2-4,6,17H,5,7H2,1H3. The maximum absolute atomic E-state index is 5.91. The van der Waals surface area contributed by atoms with E-state index in [1.807, 2.05) is 25.1 Å². The number of halogens is 2. The highest BCUT2D eigenvalue weighted by molar-refractivity contribution is 9.10. The normalized spacial score (nSPS) is 12.6. The molecule has 0 aliphatic carbocycles. The Labute approximate surface area is 130 Å². The van der Waals surface area contributed by atoms with Crippen molar-refractivity contribution >= 4 is 33.2 Å². The van der Waals surface area contributed by atoms with Gasteiger partial charge in [0.15, 0.2) is 11.5 Å². The molecule has 1 aromatic heterocycles. The van der Waals surface area contributed by atoms with Gasteiger partial charge in [-0.1, -0.05) is 11.6 Å². The van der Waals surface area contributed by atoms with E-state index in [2.05, 4.69) is 26.2 Å². The van der Waals surface area contributed by atoms with Gasteiger partial charge in [-0.2, -0.15) is 0 Å². The molecule has 1 N–H and O–H groups in total. The molecule has 0 saturated heterocycles. The average Bonchev–Trinajstić information content (AvgIpc) is 2.89. The first-order chi connectivity index (χ1) is 9.63. The van der Waals surface area contributed by atoms with E-state index in [1.54, 1.807) is 6.20 Å². The summed E-state index contributed by atoms with van der Waals surface area (Å²) < 4.78 is 11.7. The Morgan fingerprint density at radius 2 is 2.20 bits per heavy atom. The van der Waals surface area contributed by atoms with Gasteiger partial charge in [0.05, 0.1) is 16.4 Å². The Hall–Kier alpha value is -1.46. The molecule has 0 saturated carbocycles. The van der Waals surface area contributed by atoms with Crippen molar-refractivity contribution in [1.29, 1.82) is 0 Å². The first-order valence-electron chi connectivity index (χ1n) is 6.07. The Balaban J connectivity index is 1.75. The Morgan fingerprint density at radius 1 is 1.35 bits per heavy atom. The molecular weight excluding hydrogens is 344 g/mol. The summed E-state index contributed by atoms with van der Waals surface area (Å²) in [6.45, 7) is 2.86. The molecule has 0 fully saturated rings. The van der Waals surface area contributed by atoms with E-state index in [0.717, 1.165) is 32.8 Å². The van der Waals surface area contributed by atoms with Crippen molar-refractivity contribution in [1.82, 2.24) is 4.98 Å². The van der Waals surface area contributed by atoms with Gasteiger partial charge < -0.3 is 14.8 Å². The van der Waals surface area contributed by atoms with Gasteiger partial charge >= 0.3 is 0 Å². The second-order valence-corrected chi connectivity index (χ2v) is 5.71. The fourth-order valence-electron chi connectivity index (χ4n) is 1.98. The predicted molar refractivity (Wildman–Crippen MR) is 81.6 cm³/mol. The number of rotatable bonds is 3. The molecule has 1 aromatic carbocycles. The summed E-state index contributed by atoms with van der Waals surface area (Å²) in [5.74, 6) is 1.53.